The molecule has 3 heteroatoms. The first kappa shape index (κ1) is 11.3. The van der Waals surface area contributed by atoms with Gasteiger partial charge in [-0.3, -0.25) is 0 Å². The molecule has 0 radical (unpaired) electrons. The van der Waals surface area contributed by atoms with Crippen LogP contribution in [0, 0.1) is 0 Å². The van der Waals surface area contributed by atoms with Crippen molar-refractivity contribution in [3.8, 4) is 0 Å². The lowest BCUT2D eigenvalue weighted by atomic mass is 10.0. The van der Waals surface area contributed by atoms with E-state index >= 15 is 0 Å². The molecule has 0 atom stereocenters. The number of aromatic amines is 1. The minimum atomic E-state index is 0.762. The molecule has 92 valence electrons. The average molecular weight is 331 g/mol. The van der Waals surface area contributed by atoms with Gasteiger partial charge in [0.05, 0.1) is 0 Å². The molecule has 0 amide bonds. The summed E-state index contributed by atoms with van der Waals surface area (Å²) >= 11 is 9.80. The van der Waals surface area contributed by atoms with Gasteiger partial charge in [-0.15, -0.1) is 0 Å². The van der Waals surface area contributed by atoms with Gasteiger partial charge >= 0.3 is 0 Å². The second-order valence-electron chi connectivity index (χ2n) is 4.64. The summed E-state index contributed by atoms with van der Waals surface area (Å²) in [6.45, 7) is 0. The highest BCUT2D eigenvalue weighted by Crippen LogP contribution is 2.36. The fraction of sp³-hybridized carbons (Fsp3) is 0. The van der Waals surface area contributed by atoms with Gasteiger partial charge in [-0.1, -0.05) is 45.7 Å². The third-order valence-corrected chi connectivity index (χ3v) is 4.41. The Morgan fingerprint density at radius 3 is 2.63 bits per heavy atom. The first-order chi connectivity index (χ1) is 9.24. The molecule has 1 nitrogen and oxygen atoms in total. The van der Waals surface area contributed by atoms with E-state index in [1.54, 1.807) is 0 Å². The normalized spacial score (nSPS) is 11.7. The van der Waals surface area contributed by atoms with Crippen LogP contribution < -0.4 is 0 Å². The van der Waals surface area contributed by atoms with Crippen molar-refractivity contribution in [2.75, 3.05) is 0 Å². The zero-order valence-corrected chi connectivity index (χ0v) is 12.2. The van der Waals surface area contributed by atoms with Crippen LogP contribution >= 0.6 is 27.5 Å². The minimum absolute atomic E-state index is 0.762. The van der Waals surface area contributed by atoms with E-state index in [0.717, 1.165) is 20.5 Å². The molecular weight excluding hydrogens is 322 g/mol. The smallest absolute Gasteiger partial charge is 0.0471 e. The van der Waals surface area contributed by atoms with Crippen molar-refractivity contribution >= 4 is 60.1 Å². The molecule has 4 rings (SSSR count). The van der Waals surface area contributed by atoms with E-state index in [-0.39, 0.29) is 0 Å². The average Bonchev–Trinajstić information content (AvgIpc) is 2.77. The molecule has 0 fully saturated rings. The zero-order chi connectivity index (χ0) is 13.0. The second kappa shape index (κ2) is 3.99. The Balaban J connectivity index is 2.37. The lowest BCUT2D eigenvalue weighted by Crippen LogP contribution is -1.76. The molecular formula is C16H9BrClN. The number of rotatable bonds is 0. The molecule has 0 aliphatic carbocycles. The van der Waals surface area contributed by atoms with Crippen LogP contribution in [-0.4, -0.2) is 4.98 Å². The van der Waals surface area contributed by atoms with Gasteiger partial charge in [-0.25, -0.2) is 0 Å². The largest absolute Gasteiger partial charge is 0.354 e. The molecule has 19 heavy (non-hydrogen) atoms. The number of fused-ring (bicyclic) bond motifs is 5. The lowest BCUT2D eigenvalue weighted by molar-refractivity contribution is 1.55. The number of hydrogen-bond donors (Lipinski definition) is 1. The van der Waals surface area contributed by atoms with Gasteiger partial charge in [-0.05, 0) is 35.7 Å². The Hall–Kier alpha value is -1.51. The van der Waals surface area contributed by atoms with Crippen molar-refractivity contribution in [3.63, 3.8) is 0 Å². The van der Waals surface area contributed by atoms with E-state index in [9.17, 15) is 0 Å². The van der Waals surface area contributed by atoms with Crippen molar-refractivity contribution in [2.45, 2.75) is 0 Å². The summed E-state index contributed by atoms with van der Waals surface area (Å²) < 4.78 is 1.11. The van der Waals surface area contributed by atoms with Gasteiger partial charge in [0, 0.05) is 36.7 Å². The highest BCUT2D eigenvalue weighted by atomic mass is 79.9. The molecule has 1 aromatic heterocycles. The number of halogens is 2. The number of aromatic nitrogens is 1. The topological polar surface area (TPSA) is 15.8 Å². The molecule has 1 N–H and O–H groups in total. The molecule has 0 unspecified atom stereocenters. The highest BCUT2D eigenvalue weighted by Gasteiger charge is 2.10. The lowest BCUT2D eigenvalue weighted by Gasteiger charge is -2.03. The van der Waals surface area contributed by atoms with Crippen LogP contribution in [0.25, 0.3) is 32.6 Å². The van der Waals surface area contributed by atoms with E-state index in [1.165, 1.54) is 21.5 Å². The molecule has 3 aromatic carbocycles. The van der Waals surface area contributed by atoms with Crippen LogP contribution in [-0.2, 0) is 0 Å². The van der Waals surface area contributed by atoms with Gasteiger partial charge < -0.3 is 4.98 Å². The standard InChI is InChI=1S/C16H9BrClN/c17-12-3-1-2-9-4-6-14-16(15(9)12)11-8-10(18)5-7-13(11)19-14/h1-8,19H. The van der Waals surface area contributed by atoms with E-state index in [0.29, 0.717) is 0 Å². The maximum atomic E-state index is 6.14. The number of H-pyrrole nitrogens is 1. The Morgan fingerprint density at radius 2 is 1.74 bits per heavy atom. The van der Waals surface area contributed by atoms with Gasteiger partial charge in [0.2, 0.25) is 0 Å². The summed E-state index contributed by atoms with van der Waals surface area (Å²) in [6.07, 6.45) is 0. The van der Waals surface area contributed by atoms with Crippen LogP contribution in [0.15, 0.2) is 53.0 Å². The Labute approximate surface area is 123 Å². The third-order valence-electron chi connectivity index (χ3n) is 3.52. The van der Waals surface area contributed by atoms with Crippen LogP contribution in [0.4, 0.5) is 0 Å². The summed E-state index contributed by atoms with van der Waals surface area (Å²) in [7, 11) is 0. The van der Waals surface area contributed by atoms with Gasteiger partial charge in [0.15, 0.2) is 0 Å². The summed E-state index contributed by atoms with van der Waals surface area (Å²) in [4.78, 5) is 3.45. The SMILES string of the molecule is Clc1ccc2[nH]c3ccc4cccc(Br)c4c3c2c1. The number of hydrogen-bond acceptors (Lipinski definition) is 0. The molecule has 1 heterocycles. The van der Waals surface area contributed by atoms with Crippen molar-refractivity contribution < 1.29 is 0 Å². The quantitative estimate of drug-likeness (QED) is 0.414. The molecule has 4 aromatic rings. The Morgan fingerprint density at radius 1 is 0.895 bits per heavy atom. The predicted octanol–water partition coefficient (Wildman–Crippen LogP) is 5.89. The first-order valence-electron chi connectivity index (χ1n) is 6.02. The fourth-order valence-corrected chi connectivity index (χ4v) is 3.45. The number of benzene rings is 3. The molecule has 0 aliphatic rings. The highest BCUT2D eigenvalue weighted by molar-refractivity contribution is 9.10. The van der Waals surface area contributed by atoms with Crippen LogP contribution in [0.5, 0.6) is 0 Å². The Kier molecular flexibility index (Phi) is 2.38. The molecule has 0 saturated heterocycles. The zero-order valence-electron chi connectivity index (χ0n) is 9.87. The van der Waals surface area contributed by atoms with Crippen molar-refractivity contribution in [1.82, 2.24) is 4.98 Å². The monoisotopic (exact) mass is 329 g/mol. The summed E-state index contributed by atoms with van der Waals surface area (Å²) in [6, 6.07) is 16.5. The predicted molar refractivity (Wildman–Crippen MR) is 86.0 cm³/mol. The van der Waals surface area contributed by atoms with E-state index in [1.807, 2.05) is 18.2 Å². The molecule has 0 spiro atoms. The first-order valence-corrected chi connectivity index (χ1v) is 7.19. The van der Waals surface area contributed by atoms with Crippen LogP contribution in [0.2, 0.25) is 5.02 Å². The summed E-state index contributed by atoms with van der Waals surface area (Å²) in [5, 5.41) is 5.61. The van der Waals surface area contributed by atoms with Crippen LogP contribution in [0.1, 0.15) is 0 Å². The fourth-order valence-electron chi connectivity index (χ4n) is 2.70. The summed E-state index contributed by atoms with van der Waals surface area (Å²) in [5.74, 6) is 0. The van der Waals surface area contributed by atoms with Gasteiger partial charge in [0.25, 0.3) is 0 Å². The molecule has 0 bridgehead atoms. The summed E-state index contributed by atoms with van der Waals surface area (Å²) in [5.41, 5.74) is 2.25. The van der Waals surface area contributed by atoms with E-state index in [4.69, 9.17) is 11.6 Å². The van der Waals surface area contributed by atoms with Crippen LogP contribution in [0.3, 0.4) is 0 Å². The maximum Gasteiger partial charge on any atom is 0.0471 e. The third kappa shape index (κ3) is 1.60. The van der Waals surface area contributed by atoms with Crippen molar-refractivity contribution in [1.29, 1.82) is 0 Å². The maximum absolute atomic E-state index is 6.14. The molecule has 0 aliphatic heterocycles. The van der Waals surface area contributed by atoms with Gasteiger partial charge in [0.1, 0.15) is 0 Å². The number of nitrogens with one attached hydrogen (secondary N) is 1. The van der Waals surface area contributed by atoms with E-state index in [2.05, 4.69) is 51.2 Å². The minimum Gasteiger partial charge on any atom is -0.354 e. The van der Waals surface area contributed by atoms with E-state index < -0.39 is 0 Å². The second-order valence-corrected chi connectivity index (χ2v) is 5.93. The Bertz CT molecular complexity index is 940. The van der Waals surface area contributed by atoms with Gasteiger partial charge in [-0.2, -0.15) is 0 Å². The molecule has 0 saturated carbocycles. The van der Waals surface area contributed by atoms with Crippen molar-refractivity contribution in [3.05, 3.63) is 58.0 Å². The van der Waals surface area contributed by atoms with Crippen molar-refractivity contribution in [2.24, 2.45) is 0 Å².